The van der Waals surface area contributed by atoms with Gasteiger partial charge in [-0.2, -0.15) is 0 Å². The first-order chi connectivity index (χ1) is 2.47. The molecule has 44 valence electrons. The molecule has 0 bridgehead atoms. The van der Waals surface area contributed by atoms with Crippen molar-refractivity contribution in [3.63, 3.8) is 0 Å². The molecule has 0 amide bonds. The average molecular weight is 218 g/mol. The molecule has 0 unspecified atom stereocenters. The van der Waals surface area contributed by atoms with Gasteiger partial charge in [-0.1, -0.05) is 0 Å². The molecule has 1 heterocycles. The second-order valence-electron chi connectivity index (χ2n) is 0.982. The molecular weight excluding hydrogens is 212 g/mol. The van der Waals surface area contributed by atoms with Crippen LogP contribution in [0.2, 0.25) is 0 Å². The summed E-state index contributed by atoms with van der Waals surface area (Å²) in [6.07, 6.45) is 0. The monoisotopic (exact) mass is 218 g/mol. The second kappa shape index (κ2) is 6.07. The van der Waals surface area contributed by atoms with E-state index in [4.69, 9.17) is 14.7 Å². The van der Waals surface area contributed by atoms with Crippen LogP contribution >= 0.6 is 7.74 Å². The van der Waals surface area contributed by atoms with Crippen molar-refractivity contribution in [1.82, 2.24) is 0 Å². The third-order valence-electron chi connectivity index (χ3n) is 0.275. The van der Waals surface area contributed by atoms with Crippen molar-refractivity contribution in [1.29, 1.82) is 0 Å². The van der Waals surface area contributed by atoms with E-state index in [2.05, 4.69) is 9.35 Å². The summed E-state index contributed by atoms with van der Waals surface area (Å²) < 4.78 is 6.76. The van der Waals surface area contributed by atoms with E-state index in [0.717, 1.165) is 0 Å². The summed E-state index contributed by atoms with van der Waals surface area (Å²) in [6, 6.07) is 0. The molecule has 1 aliphatic rings. The van der Waals surface area contributed by atoms with E-state index < -0.39 is 7.74 Å². The molecule has 0 aromatic rings. The molecule has 1 fully saturated rings. The van der Waals surface area contributed by atoms with Crippen LogP contribution in [-0.4, -0.2) is 14.7 Å². The molecule has 1 saturated heterocycles. The molecule has 1 aliphatic heterocycles. The van der Waals surface area contributed by atoms with E-state index in [1.165, 1.54) is 0 Å². The Labute approximate surface area is 164 Å². The average Bonchev–Trinajstić information content (AvgIpc) is 1.73. The molecule has 0 aromatic carbocycles. The van der Waals surface area contributed by atoms with Crippen LogP contribution in [0.1, 0.15) is 4.28 Å². The zero-order valence-corrected chi connectivity index (χ0v) is 14.7. The second-order valence-corrected chi connectivity index (χ2v) is 2.95. The third kappa shape index (κ3) is 10.4. The van der Waals surface area contributed by atoms with E-state index >= 15 is 0 Å². The van der Waals surface area contributed by atoms with Crippen molar-refractivity contribution in [2.45, 2.75) is 0 Å². The van der Waals surface area contributed by atoms with Crippen LogP contribution in [0, 0.1) is 0 Å². The quantitative estimate of drug-likeness (QED) is 0.163. The van der Waals surface area contributed by atoms with Gasteiger partial charge in [-0.3, -0.25) is 0 Å². The fourth-order valence-electron chi connectivity index (χ4n) is 0.0447. The first-order valence-corrected chi connectivity index (χ1v) is 3.06. The maximum absolute atomic E-state index is 7.89. The summed E-state index contributed by atoms with van der Waals surface area (Å²) in [6.45, 7) is 0. The Balaban J connectivity index is -0.0000000150. The Morgan fingerprint density at radius 3 is 1.11 bits per heavy atom. The molecule has 5 nitrogen and oxygen atoms in total. The fourth-order valence-corrected chi connectivity index (χ4v) is 0.402. The van der Waals surface area contributed by atoms with E-state index in [9.17, 15) is 0 Å². The van der Waals surface area contributed by atoms with E-state index in [1.54, 1.807) is 0 Å². The standard InChI is InChI=1S/2K.Na.H3O5P.3H/c;;;1-6(2,3)4-5-6;;;/h;;;1-3H;;;/q3*+1;;3*-1. The van der Waals surface area contributed by atoms with Crippen molar-refractivity contribution in [3.8, 4) is 0 Å². The minimum atomic E-state index is -4.80. The molecule has 0 saturated carbocycles. The van der Waals surface area contributed by atoms with Crippen LogP contribution in [0.25, 0.3) is 0 Å². The SMILES string of the molecule is OP1(O)(O)OO1.[H-].[H-].[H-].[K+].[K+].[Na+]. The van der Waals surface area contributed by atoms with Gasteiger partial charge >= 0.3 is 164 Å². The van der Waals surface area contributed by atoms with Crippen LogP contribution in [0.3, 0.4) is 0 Å². The maximum Gasteiger partial charge on any atom is 1.00 e. The van der Waals surface area contributed by atoms with E-state index in [-0.39, 0.29) is 137 Å². The number of rotatable bonds is 0. The van der Waals surface area contributed by atoms with Gasteiger partial charge in [-0.25, -0.2) is 0 Å². The Bertz CT molecular complexity index is 88.4. The van der Waals surface area contributed by atoms with Gasteiger partial charge < -0.3 is 4.28 Å². The van der Waals surface area contributed by atoms with Gasteiger partial charge in [0.25, 0.3) is 0 Å². The van der Waals surface area contributed by atoms with Crippen LogP contribution in [-0.2, 0) is 9.35 Å². The van der Waals surface area contributed by atoms with Crippen molar-refractivity contribution in [2.24, 2.45) is 0 Å². The summed E-state index contributed by atoms with van der Waals surface area (Å²) in [5.41, 5.74) is 0. The number of hydrogen-bond acceptors (Lipinski definition) is 5. The minimum absolute atomic E-state index is 0. The molecule has 0 atom stereocenters. The summed E-state index contributed by atoms with van der Waals surface area (Å²) in [5, 5.41) is 0. The van der Waals surface area contributed by atoms with Gasteiger partial charge in [-0.15, -0.1) is 0 Å². The normalized spacial score (nSPS) is 28.6. The van der Waals surface area contributed by atoms with Crippen LogP contribution in [0.5, 0.6) is 0 Å². The largest absolute Gasteiger partial charge is 1.00 e. The van der Waals surface area contributed by atoms with Gasteiger partial charge in [0, 0.05) is 0 Å². The van der Waals surface area contributed by atoms with Crippen LogP contribution in [0.15, 0.2) is 0 Å². The molecule has 0 spiro atoms. The van der Waals surface area contributed by atoms with E-state index in [0.29, 0.717) is 0 Å². The summed E-state index contributed by atoms with van der Waals surface area (Å²) >= 11 is 0. The minimum Gasteiger partial charge on any atom is -1.00 e. The topological polar surface area (TPSA) is 85.8 Å². The third-order valence-corrected chi connectivity index (χ3v) is 0.824. The summed E-state index contributed by atoms with van der Waals surface area (Å²) in [4.78, 5) is 23.7. The molecule has 0 radical (unpaired) electrons. The molecule has 0 aromatic heterocycles. The predicted molar refractivity (Wildman–Crippen MR) is 19.1 cm³/mol. The maximum atomic E-state index is 7.89. The Kier molecular flexibility index (Phi) is 12.9. The van der Waals surface area contributed by atoms with Gasteiger partial charge in [0.15, 0.2) is 0 Å². The van der Waals surface area contributed by atoms with Crippen molar-refractivity contribution < 1.29 is 161 Å². The van der Waals surface area contributed by atoms with Gasteiger partial charge in [0.2, 0.25) is 0 Å². The van der Waals surface area contributed by atoms with Gasteiger partial charge in [0.1, 0.15) is 0 Å². The molecule has 9 heavy (non-hydrogen) atoms. The molecule has 1 rings (SSSR count). The zero-order chi connectivity index (χ0) is 4.86. The first-order valence-electron chi connectivity index (χ1n) is 1.13. The Hall–Kier alpha value is 4.50. The smallest absolute Gasteiger partial charge is 1.00 e. The fraction of sp³-hybridized carbons (Fsp3) is 0. The predicted octanol–water partition coefficient (Wildman–Crippen LogP) is -9.60. The van der Waals surface area contributed by atoms with Gasteiger partial charge in [0.05, 0.1) is 0 Å². The number of hydrogen-bond donors (Lipinski definition) is 3. The Morgan fingerprint density at radius 1 is 1.00 bits per heavy atom. The van der Waals surface area contributed by atoms with E-state index in [1.807, 2.05) is 0 Å². The van der Waals surface area contributed by atoms with Crippen LogP contribution < -0.4 is 132 Å². The van der Waals surface area contributed by atoms with Crippen LogP contribution in [0.4, 0.5) is 0 Å². The molecular formula is H6K2NaO5P. The molecule has 9 heteroatoms. The van der Waals surface area contributed by atoms with Crippen molar-refractivity contribution >= 4 is 7.74 Å². The van der Waals surface area contributed by atoms with Crippen molar-refractivity contribution in [2.75, 3.05) is 0 Å². The molecule has 3 N–H and O–H groups in total. The summed E-state index contributed by atoms with van der Waals surface area (Å²) in [5.74, 6) is 0. The molecule has 0 aliphatic carbocycles. The first kappa shape index (κ1) is 19.1. The van der Waals surface area contributed by atoms with Crippen molar-refractivity contribution in [3.05, 3.63) is 0 Å². The summed E-state index contributed by atoms with van der Waals surface area (Å²) in [7, 11) is -4.80. The van der Waals surface area contributed by atoms with Gasteiger partial charge in [-0.05, 0) is 0 Å². The zero-order valence-electron chi connectivity index (χ0n) is 8.61. The Morgan fingerprint density at radius 2 is 1.11 bits per heavy atom.